The molecule has 2 N–H and O–H groups in total. The second kappa shape index (κ2) is 11.0. The number of benzene rings is 1. The molecule has 1 unspecified atom stereocenters. The molecule has 1 aliphatic carbocycles. The highest BCUT2D eigenvalue weighted by molar-refractivity contribution is 14.0. The number of nitrogens with one attached hydrogen (secondary N) is 2. The molecule has 162 valence electrons. The van der Waals surface area contributed by atoms with Crippen LogP contribution in [-0.4, -0.2) is 57.1 Å². The maximum absolute atomic E-state index is 12.8. The molecular formula is C22H35IN4O2. The largest absolute Gasteiger partial charge is 0.493 e. The molecule has 0 saturated heterocycles. The zero-order valence-corrected chi connectivity index (χ0v) is 20.2. The normalized spacial score (nSPS) is 20.1. The van der Waals surface area contributed by atoms with Crippen LogP contribution in [0.4, 0.5) is 0 Å². The maximum Gasteiger partial charge on any atom is 0.230 e. The highest BCUT2D eigenvalue weighted by Gasteiger charge is 2.42. The number of aliphatic imine (C=N–C) groups is 1. The van der Waals surface area contributed by atoms with E-state index in [1.165, 1.54) is 5.56 Å². The molecule has 0 radical (unpaired) electrons. The topological polar surface area (TPSA) is 66.0 Å². The first kappa shape index (κ1) is 23.8. The van der Waals surface area contributed by atoms with Crippen molar-refractivity contribution in [1.29, 1.82) is 0 Å². The van der Waals surface area contributed by atoms with Gasteiger partial charge >= 0.3 is 0 Å². The lowest BCUT2D eigenvalue weighted by Gasteiger charge is -2.30. The van der Waals surface area contributed by atoms with E-state index in [0.29, 0.717) is 12.5 Å². The van der Waals surface area contributed by atoms with E-state index in [-0.39, 0.29) is 35.3 Å². The van der Waals surface area contributed by atoms with E-state index >= 15 is 0 Å². The van der Waals surface area contributed by atoms with Crippen LogP contribution in [0.25, 0.3) is 0 Å². The highest BCUT2D eigenvalue weighted by atomic mass is 127. The van der Waals surface area contributed by atoms with Gasteiger partial charge in [0.2, 0.25) is 5.91 Å². The van der Waals surface area contributed by atoms with Gasteiger partial charge in [-0.05, 0) is 37.8 Å². The number of ether oxygens (including phenoxy) is 1. The number of para-hydroxylation sites is 1. The van der Waals surface area contributed by atoms with Gasteiger partial charge in [0.05, 0.1) is 18.6 Å². The first-order valence-corrected chi connectivity index (χ1v) is 10.5. The molecule has 0 aromatic heterocycles. The molecule has 1 fully saturated rings. The van der Waals surface area contributed by atoms with Crippen molar-refractivity contribution < 1.29 is 9.53 Å². The third-order valence-corrected chi connectivity index (χ3v) is 5.90. The van der Waals surface area contributed by atoms with E-state index in [1.807, 2.05) is 26.2 Å². The predicted molar refractivity (Wildman–Crippen MR) is 128 cm³/mol. The molecule has 6 nitrogen and oxygen atoms in total. The van der Waals surface area contributed by atoms with Gasteiger partial charge in [-0.25, -0.2) is 0 Å². The van der Waals surface area contributed by atoms with Gasteiger partial charge in [-0.2, -0.15) is 0 Å². The molecule has 7 heteroatoms. The Kier molecular flexibility index (Phi) is 9.04. The van der Waals surface area contributed by atoms with E-state index < -0.39 is 0 Å². The Balaban J connectivity index is 0.00000300. The fourth-order valence-corrected chi connectivity index (χ4v) is 4.39. The standard InChI is InChI=1S/C22H34N4O2.HI/c1-4-23-21(25-16-22(12-7-8-13-22)20(27)26(2)3)24-15-17-11-14-28-19-10-6-5-9-18(17)19;/h5-6,9-10,17H,4,7-8,11-16H2,1-3H3,(H2,23,24,25);1H. The van der Waals surface area contributed by atoms with Crippen molar-refractivity contribution in [3.63, 3.8) is 0 Å². The number of nitrogens with zero attached hydrogens (tertiary/aromatic N) is 2. The van der Waals surface area contributed by atoms with Crippen molar-refractivity contribution in [2.75, 3.05) is 40.3 Å². The zero-order chi connectivity index (χ0) is 20.0. The fraction of sp³-hybridized carbons (Fsp3) is 0.636. The van der Waals surface area contributed by atoms with Crippen molar-refractivity contribution in [3.8, 4) is 5.75 Å². The van der Waals surface area contributed by atoms with Gasteiger partial charge in [-0.15, -0.1) is 24.0 Å². The Morgan fingerprint density at radius 1 is 1.24 bits per heavy atom. The number of hydrogen-bond donors (Lipinski definition) is 2. The average molecular weight is 514 g/mol. The summed E-state index contributed by atoms with van der Waals surface area (Å²) in [6, 6.07) is 8.27. The Hall–Kier alpha value is -1.51. The van der Waals surface area contributed by atoms with Crippen LogP contribution in [0.5, 0.6) is 5.75 Å². The lowest BCUT2D eigenvalue weighted by atomic mass is 9.85. The van der Waals surface area contributed by atoms with Crippen molar-refractivity contribution in [1.82, 2.24) is 15.5 Å². The molecular weight excluding hydrogens is 479 g/mol. The number of carbonyl (C=O) groups is 1. The van der Waals surface area contributed by atoms with Gasteiger partial charge in [0, 0.05) is 33.1 Å². The van der Waals surface area contributed by atoms with Gasteiger partial charge in [-0.1, -0.05) is 31.0 Å². The Bertz CT molecular complexity index is 702. The van der Waals surface area contributed by atoms with Gasteiger partial charge in [0.25, 0.3) is 0 Å². The minimum absolute atomic E-state index is 0. The van der Waals surface area contributed by atoms with E-state index in [0.717, 1.165) is 63.5 Å². The minimum atomic E-state index is -0.336. The van der Waals surface area contributed by atoms with E-state index in [9.17, 15) is 4.79 Å². The lowest BCUT2D eigenvalue weighted by Crippen LogP contribution is -2.43. The first-order chi connectivity index (χ1) is 13.6. The third kappa shape index (κ3) is 5.77. The highest BCUT2D eigenvalue weighted by Crippen LogP contribution is 2.39. The van der Waals surface area contributed by atoms with Crippen LogP contribution in [-0.2, 0) is 4.79 Å². The zero-order valence-electron chi connectivity index (χ0n) is 17.9. The Morgan fingerprint density at radius 2 is 1.97 bits per heavy atom. The summed E-state index contributed by atoms with van der Waals surface area (Å²) in [5.74, 6) is 2.40. The van der Waals surface area contributed by atoms with Crippen LogP contribution in [0, 0.1) is 5.41 Å². The van der Waals surface area contributed by atoms with Crippen LogP contribution in [0.15, 0.2) is 29.3 Å². The molecule has 1 aliphatic heterocycles. The predicted octanol–water partition coefficient (Wildman–Crippen LogP) is 3.37. The fourth-order valence-electron chi connectivity index (χ4n) is 4.39. The van der Waals surface area contributed by atoms with E-state index in [1.54, 1.807) is 4.90 Å². The molecule has 1 aromatic carbocycles. The molecule has 29 heavy (non-hydrogen) atoms. The summed E-state index contributed by atoms with van der Waals surface area (Å²) in [5.41, 5.74) is 0.920. The first-order valence-electron chi connectivity index (χ1n) is 10.5. The van der Waals surface area contributed by atoms with Gasteiger partial charge in [0.15, 0.2) is 5.96 Å². The smallest absolute Gasteiger partial charge is 0.230 e. The van der Waals surface area contributed by atoms with Crippen LogP contribution in [0.3, 0.4) is 0 Å². The quantitative estimate of drug-likeness (QED) is 0.347. The second-order valence-electron chi connectivity index (χ2n) is 8.13. The van der Waals surface area contributed by atoms with Gasteiger partial charge < -0.3 is 20.3 Å². The number of rotatable bonds is 6. The monoisotopic (exact) mass is 514 g/mol. The second-order valence-corrected chi connectivity index (χ2v) is 8.13. The number of amides is 1. The summed E-state index contributed by atoms with van der Waals surface area (Å²) in [6.45, 7) is 4.96. The molecule has 1 saturated carbocycles. The Morgan fingerprint density at radius 3 is 2.66 bits per heavy atom. The molecule has 0 spiro atoms. The molecule has 1 aromatic rings. The van der Waals surface area contributed by atoms with Crippen LogP contribution < -0.4 is 15.4 Å². The molecule has 3 rings (SSSR count). The summed E-state index contributed by atoms with van der Waals surface area (Å²) in [4.78, 5) is 19.3. The minimum Gasteiger partial charge on any atom is -0.493 e. The number of hydrogen-bond acceptors (Lipinski definition) is 3. The summed E-state index contributed by atoms with van der Waals surface area (Å²) >= 11 is 0. The van der Waals surface area contributed by atoms with Crippen LogP contribution in [0.2, 0.25) is 0 Å². The van der Waals surface area contributed by atoms with Crippen LogP contribution >= 0.6 is 24.0 Å². The maximum atomic E-state index is 12.8. The summed E-state index contributed by atoms with van der Waals surface area (Å²) in [5, 5.41) is 6.84. The van der Waals surface area contributed by atoms with Crippen molar-refractivity contribution in [3.05, 3.63) is 29.8 Å². The van der Waals surface area contributed by atoms with E-state index in [4.69, 9.17) is 9.73 Å². The van der Waals surface area contributed by atoms with Gasteiger partial charge in [0.1, 0.15) is 5.75 Å². The molecule has 2 aliphatic rings. The van der Waals surface area contributed by atoms with Crippen molar-refractivity contribution in [2.45, 2.75) is 44.9 Å². The number of guanidine groups is 1. The summed E-state index contributed by atoms with van der Waals surface area (Å²) in [6.07, 6.45) is 5.07. The molecule has 1 heterocycles. The van der Waals surface area contributed by atoms with E-state index in [2.05, 4.69) is 29.7 Å². The van der Waals surface area contributed by atoms with Gasteiger partial charge in [-0.3, -0.25) is 9.79 Å². The molecule has 1 amide bonds. The number of fused-ring (bicyclic) bond motifs is 1. The molecule has 1 atom stereocenters. The SMILES string of the molecule is CCNC(=NCC1(C(=O)N(C)C)CCCC1)NCC1CCOc2ccccc21.I. The summed E-state index contributed by atoms with van der Waals surface area (Å²) < 4.78 is 5.77. The summed E-state index contributed by atoms with van der Waals surface area (Å²) in [7, 11) is 3.69. The number of halogens is 1. The molecule has 0 bridgehead atoms. The average Bonchev–Trinajstić information content (AvgIpc) is 3.19. The van der Waals surface area contributed by atoms with Crippen LogP contribution in [0.1, 0.15) is 50.5 Å². The lowest BCUT2D eigenvalue weighted by molar-refractivity contribution is -0.138. The third-order valence-electron chi connectivity index (χ3n) is 5.90. The Labute approximate surface area is 191 Å². The van der Waals surface area contributed by atoms with Crippen molar-refractivity contribution in [2.24, 2.45) is 10.4 Å². The number of carbonyl (C=O) groups excluding carboxylic acids is 1. The van der Waals surface area contributed by atoms with Crippen molar-refractivity contribution >= 4 is 35.8 Å².